The fraction of sp³-hybridized carbons (Fsp3) is 0.667. The third kappa shape index (κ3) is 3.85. The summed E-state index contributed by atoms with van der Waals surface area (Å²) in [5.74, 6) is -0.0975. The van der Waals surface area contributed by atoms with Crippen molar-refractivity contribution >= 4 is 5.91 Å². The number of nitrogens with zero attached hydrogens (tertiary/aromatic N) is 2. The standard InChI is InChI=1S/C12H22N4O/c1-12(2,3)10(13)11(17)14-7-5-9-6-8-15-16(9)4/h6,8,10H,5,7,13H2,1-4H3,(H,14,17)/t10-/m1/s1. The van der Waals surface area contributed by atoms with Crippen molar-refractivity contribution in [2.24, 2.45) is 18.2 Å². The number of hydrogen-bond acceptors (Lipinski definition) is 3. The van der Waals surface area contributed by atoms with Gasteiger partial charge in [0.15, 0.2) is 0 Å². The predicted octanol–water partition coefficient (Wildman–Crippen LogP) is 0.452. The SMILES string of the molecule is Cn1nccc1CCNC(=O)[C@@H](N)C(C)(C)C. The highest BCUT2D eigenvalue weighted by molar-refractivity contribution is 5.82. The first-order chi connectivity index (χ1) is 7.82. The van der Waals surface area contributed by atoms with E-state index in [9.17, 15) is 4.79 Å². The molecule has 1 aromatic heterocycles. The summed E-state index contributed by atoms with van der Waals surface area (Å²) in [6.07, 6.45) is 2.51. The minimum Gasteiger partial charge on any atom is -0.354 e. The molecule has 17 heavy (non-hydrogen) atoms. The molecule has 0 aliphatic rings. The van der Waals surface area contributed by atoms with Crippen LogP contribution in [-0.4, -0.2) is 28.3 Å². The van der Waals surface area contributed by atoms with Gasteiger partial charge in [-0.3, -0.25) is 9.48 Å². The van der Waals surface area contributed by atoms with Gasteiger partial charge in [-0.2, -0.15) is 5.10 Å². The Kier molecular flexibility index (Phi) is 4.28. The average Bonchev–Trinajstić information content (AvgIpc) is 2.62. The molecule has 5 heteroatoms. The Hall–Kier alpha value is -1.36. The molecule has 5 nitrogen and oxygen atoms in total. The fourth-order valence-corrected chi connectivity index (χ4v) is 1.46. The molecule has 0 saturated heterocycles. The van der Waals surface area contributed by atoms with Crippen molar-refractivity contribution in [3.8, 4) is 0 Å². The summed E-state index contributed by atoms with van der Waals surface area (Å²) >= 11 is 0. The molecule has 1 heterocycles. The molecule has 1 rings (SSSR count). The van der Waals surface area contributed by atoms with Gasteiger partial charge < -0.3 is 11.1 Å². The molecule has 0 bridgehead atoms. The van der Waals surface area contributed by atoms with Crippen molar-refractivity contribution < 1.29 is 4.79 Å². The monoisotopic (exact) mass is 238 g/mol. The van der Waals surface area contributed by atoms with E-state index in [1.54, 1.807) is 10.9 Å². The quantitative estimate of drug-likeness (QED) is 0.800. The Labute approximate surface area is 102 Å². The maximum absolute atomic E-state index is 11.7. The summed E-state index contributed by atoms with van der Waals surface area (Å²) < 4.78 is 1.80. The smallest absolute Gasteiger partial charge is 0.237 e. The lowest BCUT2D eigenvalue weighted by atomic mass is 9.87. The van der Waals surface area contributed by atoms with Gasteiger partial charge in [0, 0.05) is 31.9 Å². The molecule has 0 saturated carbocycles. The average molecular weight is 238 g/mol. The van der Waals surface area contributed by atoms with Crippen LogP contribution >= 0.6 is 0 Å². The molecular formula is C12H22N4O. The number of aromatic nitrogens is 2. The molecule has 3 N–H and O–H groups in total. The third-order valence-corrected chi connectivity index (χ3v) is 2.82. The van der Waals surface area contributed by atoms with Gasteiger partial charge in [0.1, 0.15) is 0 Å². The third-order valence-electron chi connectivity index (χ3n) is 2.82. The fourth-order valence-electron chi connectivity index (χ4n) is 1.46. The zero-order chi connectivity index (χ0) is 13.1. The number of aryl methyl sites for hydroxylation is 1. The van der Waals surface area contributed by atoms with Crippen LogP contribution in [-0.2, 0) is 18.3 Å². The Morgan fingerprint density at radius 3 is 2.71 bits per heavy atom. The zero-order valence-corrected chi connectivity index (χ0v) is 11.0. The number of carbonyl (C=O) groups is 1. The van der Waals surface area contributed by atoms with Gasteiger partial charge in [-0.1, -0.05) is 20.8 Å². The van der Waals surface area contributed by atoms with E-state index in [0.717, 1.165) is 12.1 Å². The predicted molar refractivity (Wildman–Crippen MR) is 67.4 cm³/mol. The van der Waals surface area contributed by atoms with Crippen LogP contribution in [0, 0.1) is 5.41 Å². The molecule has 0 radical (unpaired) electrons. The Balaban J connectivity index is 2.37. The first-order valence-corrected chi connectivity index (χ1v) is 5.82. The second kappa shape index (κ2) is 5.31. The van der Waals surface area contributed by atoms with Crippen LogP contribution in [0.5, 0.6) is 0 Å². The van der Waals surface area contributed by atoms with Crippen molar-refractivity contribution in [2.75, 3.05) is 6.54 Å². The number of carbonyl (C=O) groups excluding carboxylic acids is 1. The van der Waals surface area contributed by atoms with Crippen molar-refractivity contribution in [1.82, 2.24) is 15.1 Å². The lowest BCUT2D eigenvalue weighted by Gasteiger charge is -2.25. The molecule has 96 valence electrons. The van der Waals surface area contributed by atoms with Gasteiger partial charge in [0.05, 0.1) is 6.04 Å². The van der Waals surface area contributed by atoms with Crippen LogP contribution < -0.4 is 11.1 Å². The molecule has 0 aromatic carbocycles. The molecule has 0 unspecified atom stereocenters. The van der Waals surface area contributed by atoms with Crippen LogP contribution in [0.4, 0.5) is 0 Å². The minimum atomic E-state index is -0.478. The Bertz CT molecular complexity index is 378. The topological polar surface area (TPSA) is 72.9 Å². The second-order valence-electron chi connectivity index (χ2n) is 5.33. The van der Waals surface area contributed by atoms with E-state index in [2.05, 4.69) is 10.4 Å². The molecule has 0 spiro atoms. The summed E-state index contributed by atoms with van der Waals surface area (Å²) in [6, 6.07) is 1.46. The van der Waals surface area contributed by atoms with Crippen molar-refractivity contribution in [2.45, 2.75) is 33.2 Å². The lowest BCUT2D eigenvalue weighted by Crippen LogP contribution is -2.49. The first-order valence-electron chi connectivity index (χ1n) is 5.82. The Morgan fingerprint density at radius 2 is 2.24 bits per heavy atom. The van der Waals surface area contributed by atoms with Crippen molar-refractivity contribution in [3.63, 3.8) is 0 Å². The normalized spacial score (nSPS) is 13.5. The molecule has 1 aromatic rings. The molecule has 1 atom stereocenters. The zero-order valence-electron chi connectivity index (χ0n) is 11.0. The second-order valence-corrected chi connectivity index (χ2v) is 5.33. The van der Waals surface area contributed by atoms with E-state index < -0.39 is 6.04 Å². The van der Waals surface area contributed by atoms with E-state index in [1.807, 2.05) is 33.9 Å². The lowest BCUT2D eigenvalue weighted by molar-refractivity contribution is -0.124. The van der Waals surface area contributed by atoms with E-state index in [1.165, 1.54) is 0 Å². The van der Waals surface area contributed by atoms with E-state index >= 15 is 0 Å². The maximum Gasteiger partial charge on any atom is 0.237 e. The molecule has 1 amide bonds. The number of nitrogens with one attached hydrogen (secondary N) is 1. The highest BCUT2D eigenvalue weighted by Crippen LogP contribution is 2.17. The van der Waals surface area contributed by atoms with Gasteiger partial charge in [-0.15, -0.1) is 0 Å². The van der Waals surface area contributed by atoms with Crippen LogP contribution in [0.25, 0.3) is 0 Å². The van der Waals surface area contributed by atoms with Gasteiger partial charge in [0.2, 0.25) is 5.91 Å². The van der Waals surface area contributed by atoms with Crippen LogP contribution in [0.3, 0.4) is 0 Å². The summed E-state index contributed by atoms with van der Waals surface area (Å²) in [4.78, 5) is 11.7. The van der Waals surface area contributed by atoms with Gasteiger partial charge in [-0.05, 0) is 11.5 Å². The van der Waals surface area contributed by atoms with Gasteiger partial charge in [-0.25, -0.2) is 0 Å². The number of amides is 1. The van der Waals surface area contributed by atoms with Crippen molar-refractivity contribution in [3.05, 3.63) is 18.0 Å². The van der Waals surface area contributed by atoms with E-state index in [-0.39, 0.29) is 11.3 Å². The van der Waals surface area contributed by atoms with E-state index in [0.29, 0.717) is 6.54 Å². The largest absolute Gasteiger partial charge is 0.354 e. The van der Waals surface area contributed by atoms with Gasteiger partial charge in [0.25, 0.3) is 0 Å². The Morgan fingerprint density at radius 1 is 1.59 bits per heavy atom. The van der Waals surface area contributed by atoms with Crippen LogP contribution in [0.2, 0.25) is 0 Å². The molecule has 0 aliphatic carbocycles. The van der Waals surface area contributed by atoms with Gasteiger partial charge >= 0.3 is 0 Å². The number of hydrogen-bond donors (Lipinski definition) is 2. The van der Waals surface area contributed by atoms with Crippen molar-refractivity contribution in [1.29, 1.82) is 0 Å². The highest BCUT2D eigenvalue weighted by atomic mass is 16.2. The van der Waals surface area contributed by atoms with E-state index in [4.69, 9.17) is 5.73 Å². The van der Waals surface area contributed by atoms with Crippen LogP contribution in [0.15, 0.2) is 12.3 Å². The maximum atomic E-state index is 11.7. The van der Waals surface area contributed by atoms with Crippen LogP contribution in [0.1, 0.15) is 26.5 Å². The summed E-state index contributed by atoms with van der Waals surface area (Å²) in [5, 5.41) is 6.92. The molecular weight excluding hydrogens is 216 g/mol. The number of rotatable bonds is 4. The number of nitrogens with two attached hydrogens (primary N) is 1. The summed E-state index contributed by atoms with van der Waals surface area (Å²) in [7, 11) is 1.89. The molecule has 0 aliphatic heterocycles. The molecule has 0 fully saturated rings. The highest BCUT2D eigenvalue weighted by Gasteiger charge is 2.26. The summed E-state index contributed by atoms with van der Waals surface area (Å²) in [6.45, 7) is 6.46. The first kappa shape index (κ1) is 13.7. The summed E-state index contributed by atoms with van der Waals surface area (Å²) in [5.41, 5.74) is 6.73. The minimum absolute atomic E-state index is 0.0975.